The summed E-state index contributed by atoms with van der Waals surface area (Å²) in [5.41, 5.74) is 0.145. The van der Waals surface area contributed by atoms with Gasteiger partial charge in [-0.3, -0.25) is 0 Å². The first-order chi connectivity index (χ1) is 19.7. The third-order valence-corrected chi connectivity index (χ3v) is 6.26. The van der Waals surface area contributed by atoms with Crippen molar-refractivity contribution in [3.63, 3.8) is 0 Å². The van der Waals surface area contributed by atoms with Crippen LogP contribution in [0.15, 0.2) is 42.5 Å². The van der Waals surface area contributed by atoms with Crippen molar-refractivity contribution in [1.82, 2.24) is 19.9 Å². The smallest absolute Gasteiger partial charge is 0.420 e. The number of halogens is 1. The Kier molecular flexibility index (Phi) is 9.25. The average molecular weight is 597 g/mol. The number of hydrogen-bond donors (Lipinski definition) is 0. The maximum atomic E-state index is 13.0. The van der Waals surface area contributed by atoms with Crippen LogP contribution in [0.2, 0.25) is 5.02 Å². The molecule has 10 nitrogen and oxygen atoms in total. The van der Waals surface area contributed by atoms with Crippen LogP contribution in [-0.4, -0.2) is 57.0 Å². The van der Waals surface area contributed by atoms with Gasteiger partial charge < -0.3 is 18.9 Å². The minimum Gasteiger partial charge on any atom is -0.493 e. The highest BCUT2D eigenvalue weighted by Gasteiger charge is 2.31. The predicted octanol–water partition coefficient (Wildman–Crippen LogP) is 7.33. The number of carbonyl (C=O) groups excluding carboxylic acids is 2. The highest BCUT2D eigenvalue weighted by atomic mass is 35.5. The lowest BCUT2D eigenvalue weighted by Gasteiger charge is -2.28. The molecule has 0 radical (unpaired) electrons. The first-order valence-electron chi connectivity index (χ1n) is 13.8. The molecule has 42 heavy (non-hydrogen) atoms. The van der Waals surface area contributed by atoms with Crippen LogP contribution < -0.4 is 9.47 Å². The topological polar surface area (TPSA) is 113 Å². The standard InChI is InChI=1S/C31H37ClN4O6/c1-30(2,3)41-28(37)36(29(38)42-31(4,5)6)17-20-10-15-24(32)23(16-20)26-33-25(34-27(35-26)39-7)21-11-13-22(14-12-21)40-18-19-8-9-19/h10-16,19H,8-9,17-18H2,1-7H3. The van der Waals surface area contributed by atoms with Crippen molar-refractivity contribution in [3.8, 4) is 34.5 Å². The number of methoxy groups -OCH3 is 1. The molecule has 1 fully saturated rings. The first kappa shape index (κ1) is 31.0. The zero-order valence-corrected chi connectivity index (χ0v) is 25.8. The summed E-state index contributed by atoms with van der Waals surface area (Å²) in [5.74, 6) is 2.08. The van der Waals surface area contributed by atoms with Gasteiger partial charge in [0, 0.05) is 11.1 Å². The monoisotopic (exact) mass is 596 g/mol. The van der Waals surface area contributed by atoms with Crippen LogP contribution in [0.1, 0.15) is 59.9 Å². The first-order valence-corrected chi connectivity index (χ1v) is 14.1. The summed E-state index contributed by atoms with van der Waals surface area (Å²) in [6, 6.07) is 12.7. The van der Waals surface area contributed by atoms with Crippen molar-refractivity contribution >= 4 is 23.8 Å². The highest BCUT2D eigenvalue weighted by Crippen LogP contribution is 2.32. The second kappa shape index (κ2) is 12.5. The summed E-state index contributed by atoms with van der Waals surface area (Å²) < 4.78 is 22.2. The number of benzene rings is 2. The average Bonchev–Trinajstić information content (AvgIpc) is 3.74. The Morgan fingerprint density at radius 1 is 0.881 bits per heavy atom. The van der Waals surface area contributed by atoms with Crippen LogP contribution in [-0.2, 0) is 16.0 Å². The number of aromatic nitrogens is 3. The van der Waals surface area contributed by atoms with E-state index in [1.807, 2.05) is 24.3 Å². The number of hydrogen-bond acceptors (Lipinski definition) is 9. The zero-order chi connectivity index (χ0) is 30.7. The Labute approximate surface area is 251 Å². The van der Waals surface area contributed by atoms with E-state index < -0.39 is 23.4 Å². The number of carbonyl (C=O) groups is 2. The zero-order valence-electron chi connectivity index (χ0n) is 25.1. The molecule has 0 atom stereocenters. The molecule has 11 heteroatoms. The quantitative estimate of drug-likeness (QED) is 0.264. The van der Waals surface area contributed by atoms with E-state index in [9.17, 15) is 9.59 Å². The fraction of sp³-hybridized carbons (Fsp3) is 0.452. The largest absolute Gasteiger partial charge is 0.493 e. The summed E-state index contributed by atoms with van der Waals surface area (Å²) in [5, 5.41) is 0.364. The van der Waals surface area contributed by atoms with Gasteiger partial charge >= 0.3 is 18.2 Å². The Bertz CT molecular complexity index is 1400. The van der Waals surface area contributed by atoms with Gasteiger partial charge in [0.1, 0.15) is 17.0 Å². The van der Waals surface area contributed by atoms with Gasteiger partial charge in [-0.25, -0.2) is 19.5 Å². The normalized spacial score (nSPS) is 13.3. The summed E-state index contributed by atoms with van der Waals surface area (Å²) in [6.07, 6.45) is 0.772. The molecule has 1 heterocycles. The van der Waals surface area contributed by atoms with Crippen molar-refractivity contribution in [2.45, 2.75) is 72.1 Å². The lowest BCUT2D eigenvalue weighted by atomic mass is 10.1. The molecule has 4 rings (SSSR count). The molecule has 2 amide bonds. The van der Waals surface area contributed by atoms with Gasteiger partial charge in [-0.05, 0) is 102 Å². The molecule has 3 aromatic rings. The van der Waals surface area contributed by atoms with Crippen molar-refractivity contribution in [2.75, 3.05) is 13.7 Å². The molecule has 1 saturated carbocycles. The van der Waals surface area contributed by atoms with Crippen LogP contribution in [0.4, 0.5) is 9.59 Å². The SMILES string of the molecule is COc1nc(-c2ccc(OCC3CC3)cc2)nc(-c2cc(CN(C(=O)OC(C)(C)C)C(=O)OC(C)(C)C)ccc2Cl)n1. The number of ether oxygens (including phenoxy) is 4. The van der Waals surface area contributed by atoms with Gasteiger partial charge in [0.25, 0.3) is 0 Å². The third kappa shape index (κ3) is 8.79. The Morgan fingerprint density at radius 2 is 1.48 bits per heavy atom. The Hall–Kier alpha value is -3.92. The van der Waals surface area contributed by atoms with Gasteiger partial charge in [0.15, 0.2) is 11.6 Å². The van der Waals surface area contributed by atoms with Crippen LogP contribution in [0, 0.1) is 5.92 Å². The molecule has 0 unspecified atom stereocenters. The summed E-state index contributed by atoms with van der Waals surface area (Å²) >= 11 is 6.59. The molecule has 0 aliphatic heterocycles. The summed E-state index contributed by atoms with van der Waals surface area (Å²) in [6.45, 7) is 10.9. The van der Waals surface area contributed by atoms with Crippen LogP contribution >= 0.6 is 11.6 Å². The maximum Gasteiger partial charge on any atom is 0.420 e. The van der Waals surface area contributed by atoms with Crippen molar-refractivity contribution < 1.29 is 28.5 Å². The van der Waals surface area contributed by atoms with Crippen LogP contribution in [0.5, 0.6) is 11.8 Å². The molecule has 224 valence electrons. The Balaban J connectivity index is 1.64. The van der Waals surface area contributed by atoms with Gasteiger partial charge in [-0.1, -0.05) is 17.7 Å². The Morgan fingerprint density at radius 3 is 2.02 bits per heavy atom. The van der Waals surface area contributed by atoms with Gasteiger partial charge in [0.05, 0.1) is 25.3 Å². The molecule has 1 aromatic heterocycles. The van der Waals surface area contributed by atoms with Crippen LogP contribution in [0.3, 0.4) is 0 Å². The second-order valence-electron chi connectivity index (χ2n) is 12.1. The fourth-order valence-electron chi connectivity index (χ4n) is 3.76. The molecule has 0 saturated heterocycles. The van der Waals surface area contributed by atoms with E-state index in [1.165, 1.54) is 20.0 Å². The summed E-state index contributed by atoms with van der Waals surface area (Å²) in [7, 11) is 1.47. The number of amides is 2. The summed E-state index contributed by atoms with van der Waals surface area (Å²) in [4.78, 5) is 40.4. The highest BCUT2D eigenvalue weighted by molar-refractivity contribution is 6.33. The second-order valence-corrected chi connectivity index (χ2v) is 12.5. The molecule has 0 spiro atoms. The van der Waals surface area contributed by atoms with E-state index in [4.69, 9.17) is 30.5 Å². The molecule has 1 aliphatic rings. The van der Waals surface area contributed by atoms with Crippen LogP contribution in [0.25, 0.3) is 22.8 Å². The molecule has 0 N–H and O–H groups in total. The van der Waals surface area contributed by atoms with Gasteiger partial charge in [-0.15, -0.1) is 0 Å². The van der Waals surface area contributed by atoms with E-state index in [0.29, 0.717) is 27.9 Å². The number of imide groups is 1. The van der Waals surface area contributed by atoms with Crippen molar-refractivity contribution in [2.24, 2.45) is 5.92 Å². The molecular weight excluding hydrogens is 560 g/mol. The molecule has 1 aliphatic carbocycles. The van der Waals surface area contributed by atoms with Gasteiger partial charge in [0.2, 0.25) is 0 Å². The van der Waals surface area contributed by atoms with E-state index >= 15 is 0 Å². The lowest BCUT2D eigenvalue weighted by molar-refractivity contribution is -0.000251. The fourth-order valence-corrected chi connectivity index (χ4v) is 3.96. The minimum absolute atomic E-state index is 0.106. The number of nitrogens with zero attached hydrogens (tertiary/aromatic N) is 4. The number of rotatable bonds is 8. The van der Waals surface area contributed by atoms with E-state index in [0.717, 1.165) is 22.8 Å². The molecular formula is C31H37ClN4O6. The van der Waals surface area contributed by atoms with Gasteiger partial charge in [-0.2, -0.15) is 9.97 Å². The lowest BCUT2D eigenvalue weighted by Crippen LogP contribution is -2.43. The van der Waals surface area contributed by atoms with E-state index in [1.54, 1.807) is 59.7 Å². The maximum absolute atomic E-state index is 13.0. The van der Waals surface area contributed by atoms with Crippen molar-refractivity contribution in [1.29, 1.82) is 0 Å². The van der Waals surface area contributed by atoms with E-state index in [-0.39, 0.29) is 18.4 Å². The van der Waals surface area contributed by atoms with E-state index in [2.05, 4.69) is 15.0 Å². The molecule has 0 bridgehead atoms. The van der Waals surface area contributed by atoms with Crippen molar-refractivity contribution in [3.05, 3.63) is 53.1 Å². The minimum atomic E-state index is -0.832. The third-order valence-electron chi connectivity index (χ3n) is 5.93. The predicted molar refractivity (Wildman–Crippen MR) is 158 cm³/mol. The molecule has 2 aromatic carbocycles.